The van der Waals surface area contributed by atoms with Crippen LogP contribution in [0.15, 0.2) is 23.2 Å². The van der Waals surface area contributed by atoms with E-state index in [9.17, 15) is 8.78 Å². The fourth-order valence-corrected chi connectivity index (χ4v) is 3.01. The van der Waals surface area contributed by atoms with Gasteiger partial charge < -0.3 is 5.32 Å². The molecule has 0 amide bonds. The average Bonchev–Trinajstić information content (AvgIpc) is 2.39. The summed E-state index contributed by atoms with van der Waals surface area (Å²) in [5, 5.41) is 4.32. The van der Waals surface area contributed by atoms with E-state index in [0.29, 0.717) is 18.2 Å². The van der Waals surface area contributed by atoms with Gasteiger partial charge in [0.1, 0.15) is 0 Å². The van der Waals surface area contributed by atoms with Crippen molar-refractivity contribution >= 4 is 16.9 Å². The summed E-state index contributed by atoms with van der Waals surface area (Å²) < 4.78 is 26.0. The van der Waals surface area contributed by atoms with Crippen molar-refractivity contribution < 1.29 is 8.78 Å². The van der Waals surface area contributed by atoms with Crippen molar-refractivity contribution in [3.05, 3.63) is 35.4 Å². The van der Waals surface area contributed by atoms with Gasteiger partial charge in [0, 0.05) is 11.8 Å². The molecule has 2 rings (SSSR count). The Morgan fingerprint density at radius 2 is 2.05 bits per heavy atom. The summed E-state index contributed by atoms with van der Waals surface area (Å²) in [4.78, 5) is 4.47. The molecule has 0 spiro atoms. The third-order valence-electron chi connectivity index (χ3n) is 3.38. The second-order valence-electron chi connectivity index (χ2n) is 6.07. The summed E-state index contributed by atoms with van der Waals surface area (Å²) in [7, 11) is 0. The second kappa shape index (κ2) is 6.12. The predicted molar refractivity (Wildman–Crippen MR) is 81.0 cm³/mol. The molecule has 1 heterocycles. The van der Waals surface area contributed by atoms with Gasteiger partial charge in [0.25, 0.3) is 0 Å². The molecule has 2 nitrogen and oxygen atoms in total. The molecule has 1 unspecified atom stereocenters. The first-order chi connectivity index (χ1) is 9.36. The largest absolute Gasteiger partial charge is 0.362 e. The molecule has 20 heavy (non-hydrogen) atoms. The number of benzene rings is 1. The first-order valence-corrected chi connectivity index (χ1v) is 7.72. The number of rotatable bonds is 2. The average molecular weight is 298 g/mol. The lowest BCUT2D eigenvalue weighted by Crippen LogP contribution is -2.46. The van der Waals surface area contributed by atoms with E-state index < -0.39 is 11.6 Å². The van der Waals surface area contributed by atoms with E-state index in [2.05, 4.69) is 31.1 Å². The van der Waals surface area contributed by atoms with Gasteiger partial charge in [-0.1, -0.05) is 38.6 Å². The molecule has 0 aromatic heterocycles. The molecule has 0 aliphatic carbocycles. The summed E-state index contributed by atoms with van der Waals surface area (Å²) in [6.07, 6.45) is 1.11. The molecule has 1 aliphatic heterocycles. The van der Waals surface area contributed by atoms with Gasteiger partial charge in [-0.3, -0.25) is 4.99 Å². The third-order valence-corrected chi connectivity index (χ3v) is 4.34. The molecule has 1 fully saturated rings. The minimum atomic E-state index is -0.820. The van der Waals surface area contributed by atoms with Crippen molar-refractivity contribution in [2.45, 2.75) is 39.8 Å². The Labute approximate surface area is 123 Å². The molecule has 1 N–H and O–H groups in total. The molecule has 1 aromatic rings. The van der Waals surface area contributed by atoms with Crippen molar-refractivity contribution in [2.75, 3.05) is 5.75 Å². The molecule has 1 atom stereocenters. The number of nitrogens with one attached hydrogen (secondary N) is 1. The predicted octanol–water partition coefficient (Wildman–Crippen LogP) is 3.96. The molecule has 1 saturated heterocycles. The number of hydrogen-bond donors (Lipinski definition) is 1. The number of aliphatic imine (C=N–C) groups is 1. The maximum atomic E-state index is 13.1. The van der Waals surface area contributed by atoms with Gasteiger partial charge >= 0.3 is 0 Å². The maximum Gasteiger partial charge on any atom is 0.159 e. The fraction of sp³-hybridized carbons (Fsp3) is 0.533. The van der Waals surface area contributed by atoms with Gasteiger partial charge in [0.05, 0.1) is 6.54 Å². The lowest BCUT2D eigenvalue weighted by molar-refractivity contribution is 0.290. The van der Waals surface area contributed by atoms with Crippen LogP contribution in [0.2, 0.25) is 0 Å². The molecular weight excluding hydrogens is 278 g/mol. The Kier molecular flexibility index (Phi) is 4.68. The number of halogens is 2. The standard InChI is InChI=1S/C15H20F2N2S/c1-15(2,3)13-6-7-20-14(19-13)18-9-10-4-5-11(16)12(17)8-10/h4-5,8,13H,6-7,9H2,1-3H3,(H,18,19). The first kappa shape index (κ1) is 15.3. The highest BCUT2D eigenvalue weighted by Crippen LogP contribution is 2.27. The summed E-state index contributed by atoms with van der Waals surface area (Å²) in [6.45, 7) is 6.97. The highest BCUT2D eigenvalue weighted by Gasteiger charge is 2.28. The maximum absolute atomic E-state index is 13.1. The highest BCUT2D eigenvalue weighted by atomic mass is 32.2. The Bertz CT molecular complexity index is 509. The van der Waals surface area contributed by atoms with Gasteiger partial charge in [-0.2, -0.15) is 0 Å². The summed E-state index contributed by atoms with van der Waals surface area (Å²) in [5.74, 6) is -0.607. The third kappa shape index (κ3) is 3.95. The van der Waals surface area contributed by atoms with Crippen LogP contribution in [-0.2, 0) is 6.54 Å². The normalized spacial score (nSPS) is 21.9. The van der Waals surface area contributed by atoms with E-state index in [0.717, 1.165) is 23.4 Å². The van der Waals surface area contributed by atoms with E-state index in [1.165, 1.54) is 6.07 Å². The lowest BCUT2D eigenvalue weighted by Gasteiger charge is -2.35. The van der Waals surface area contributed by atoms with E-state index in [1.807, 2.05) is 0 Å². The zero-order chi connectivity index (χ0) is 14.8. The molecule has 0 radical (unpaired) electrons. The van der Waals surface area contributed by atoms with E-state index >= 15 is 0 Å². The van der Waals surface area contributed by atoms with Crippen LogP contribution in [0, 0.1) is 17.0 Å². The number of nitrogens with zero attached hydrogens (tertiary/aromatic N) is 1. The Morgan fingerprint density at radius 1 is 1.30 bits per heavy atom. The Hall–Kier alpha value is -1.10. The van der Waals surface area contributed by atoms with Crippen LogP contribution in [0.3, 0.4) is 0 Å². The van der Waals surface area contributed by atoms with Crippen LogP contribution in [-0.4, -0.2) is 17.0 Å². The smallest absolute Gasteiger partial charge is 0.159 e. The highest BCUT2D eigenvalue weighted by molar-refractivity contribution is 8.13. The van der Waals surface area contributed by atoms with Crippen LogP contribution in [0.5, 0.6) is 0 Å². The molecule has 1 aliphatic rings. The quantitative estimate of drug-likeness (QED) is 0.893. The Morgan fingerprint density at radius 3 is 2.70 bits per heavy atom. The zero-order valence-corrected chi connectivity index (χ0v) is 12.9. The van der Waals surface area contributed by atoms with Crippen molar-refractivity contribution in [1.29, 1.82) is 0 Å². The summed E-state index contributed by atoms with van der Waals surface area (Å²) in [6, 6.07) is 4.31. The molecule has 110 valence electrons. The topological polar surface area (TPSA) is 24.4 Å². The minimum Gasteiger partial charge on any atom is -0.362 e. The van der Waals surface area contributed by atoms with E-state index in [4.69, 9.17) is 0 Å². The van der Waals surface area contributed by atoms with Crippen LogP contribution in [0.1, 0.15) is 32.8 Å². The zero-order valence-electron chi connectivity index (χ0n) is 12.0. The van der Waals surface area contributed by atoms with Gasteiger partial charge in [0.2, 0.25) is 0 Å². The van der Waals surface area contributed by atoms with Gasteiger partial charge in [-0.25, -0.2) is 8.78 Å². The van der Waals surface area contributed by atoms with Gasteiger partial charge in [-0.15, -0.1) is 0 Å². The van der Waals surface area contributed by atoms with E-state index in [-0.39, 0.29) is 5.41 Å². The Balaban J connectivity index is 2.02. The first-order valence-electron chi connectivity index (χ1n) is 6.74. The number of hydrogen-bond acceptors (Lipinski definition) is 2. The van der Waals surface area contributed by atoms with Crippen LogP contribution >= 0.6 is 11.8 Å². The monoisotopic (exact) mass is 298 g/mol. The minimum absolute atomic E-state index is 0.184. The van der Waals surface area contributed by atoms with Crippen LogP contribution < -0.4 is 5.32 Å². The van der Waals surface area contributed by atoms with Crippen molar-refractivity contribution in [3.8, 4) is 0 Å². The van der Waals surface area contributed by atoms with Crippen molar-refractivity contribution in [1.82, 2.24) is 5.32 Å². The number of thioether (sulfide) groups is 1. The molecular formula is C15H20F2N2S. The lowest BCUT2D eigenvalue weighted by atomic mass is 9.85. The summed E-state index contributed by atoms with van der Waals surface area (Å²) >= 11 is 1.68. The second-order valence-corrected chi connectivity index (χ2v) is 7.15. The molecule has 1 aromatic carbocycles. The molecule has 0 bridgehead atoms. The van der Waals surface area contributed by atoms with Crippen molar-refractivity contribution in [3.63, 3.8) is 0 Å². The van der Waals surface area contributed by atoms with Crippen LogP contribution in [0.25, 0.3) is 0 Å². The van der Waals surface area contributed by atoms with Crippen LogP contribution in [0.4, 0.5) is 8.78 Å². The van der Waals surface area contributed by atoms with Gasteiger partial charge in [-0.05, 0) is 29.5 Å². The molecule has 5 heteroatoms. The fourth-order valence-electron chi connectivity index (χ4n) is 2.08. The molecule has 0 saturated carbocycles. The summed E-state index contributed by atoms with van der Waals surface area (Å²) in [5.41, 5.74) is 0.862. The van der Waals surface area contributed by atoms with E-state index in [1.54, 1.807) is 17.8 Å². The van der Waals surface area contributed by atoms with Gasteiger partial charge in [0.15, 0.2) is 16.8 Å². The SMILES string of the molecule is CC(C)(C)C1CCSC(=NCc2ccc(F)c(F)c2)N1. The number of amidine groups is 1. The van der Waals surface area contributed by atoms with Crippen molar-refractivity contribution in [2.24, 2.45) is 10.4 Å².